The molecule has 2 atom stereocenters. The Morgan fingerprint density at radius 1 is 0.818 bits per heavy atom. The zero-order valence-electron chi connectivity index (χ0n) is 18.2. The molecule has 0 radical (unpaired) electrons. The molecule has 3 aromatic rings. The van der Waals surface area contributed by atoms with Crippen molar-refractivity contribution in [2.75, 3.05) is 0 Å². The summed E-state index contributed by atoms with van der Waals surface area (Å²) in [4.78, 5) is 16.0. The van der Waals surface area contributed by atoms with Crippen molar-refractivity contribution in [2.45, 2.75) is 31.3 Å². The third-order valence-electron chi connectivity index (χ3n) is 6.70. The van der Waals surface area contributed by atoms with Crippen molar-refractivity contribution in [1.29, 1.82) is 0 Å². The Morgan fingerprint density at radius 3 is 2.15 bits per heavy atom. The molecule has 0 saturated carbocycles. The molecule has 2 unspecified atom stereocenters. The van der Waals surface area contributed by atoms with Crippen molar-refractivity contribution in [3.05, 3.63) is 131 Å². The predicted molar refractivity (Wildman–Crippen MR) is 125 cm³/mol. The number of halogens is 2. The van der Waals surface area contributed by atoms with Crippen molar-refractivity contribution in [2.24, 2.45) is 5.92 Å². The highest BCUT2D eigenvalue weighted by Gasteiger charge is 2.36. The number of carbonyl (C=O) groups excluding carboxylic acids is 1. The van der Waals surface area contributed by atoms with E-state index in [9.17, 15) is 13.6 Å². The minimum atomic E-state index is -0.504. The van der Waals surface area contributed by atoms with Gasteiger partial charge in [-0.25, -0.2) is 8.78 Å². The molecular formula is C29H25F2NO. The zero-order valence-corrected chi connectivity index (χ0v) is 18.2. The fourth-order valence-corrected chi connectivity index (χ4v) is 5.01. The van der Waals surface area contributed by atoms with Crippen molar-refractivity contribution in [1.82, 2.24) is 4.90 Å². The first-order valence-electron chi connectivity index (χ1n) is 11.3. The maximum atomic E-state index is 14.7. The van der Waals surface area contributed by atoms with Gasteiger partial charge < -0.3 is 4.90 Å². The fraction of sp³-hybridized carbons (Fsp3) is 0.207. The third kappa shape index (κ3) is 4.38. The number of benzene rings is 3. The summed E-state index contributed by atoms with van der Waals surface area (Å²) < 4.78 is 28.2. The molecule has 0 spiro atoms. The zero-order chi connectivity index (χ0) is 22.8. The summed E-state index contributed by atoms with van der Waals surface area (Å²) in [6, 6.07) is 21.2. The first kappa shape index (κ1) is 21.3. The summed E-state index contributed by atoms with van der Waals surface area (Å²) >= 11 is 0. The Labute approximate surface area is 192 Å². The molecule has 4 heteroatoms. The van der Waals surface area contributed by atoms with E-state index in [4.69, 9.17) is 0 Å². The van der Waals surface area contributed by atoms with E-state index in [1.807, 2.05) is 41.3 Å². The molecule has 2 nitrogen and oxygen atoms in total. The Bertz CT molecular complexity index is 1190. The largest absolute Gasteiger partial charge is 0.334 e. The van der Waals surface area contributed by atoms with Crippen LogP contribution in [0.5, 0.6) is 0 Å². The van der Waals surface area contributed by atoms with Gasteiger partial charge >= 0.3 is 0 Å². The van der Waals surface area contributed by atoms with Crippen LogP contribution in [0, 0.1) is 17.6 Å². The van der Waals surface area contributed by atoms with E-state index in [-0.39, 0.29) is 29.5 Å². The van der Waals surface area contributed by atoms with Gasteiger partial charge in [0.25, 0.3) is 0 Å². The number of hydrogen-bond acceptors (Lipinski definition) is 1. The van der Waals surface area contributed by atoms with E-state index in [1.54, 1.807) is 30.3 Å². The van der Waals surface area contributed by atoms with Crippen LogP contribution in [0.4, 0.5) is 8.78 Å². The summed E-state index contributed by atoms with van der Waals surface area (Å²) in [6.45, 7) is 0.385. The molecule has 0 aliphatic heterocycles. The van der Waals surface area contributed by atoms with Crippen LogP contribution < -0.4 is 0 Å². The van der Waals surface area contributed by atoms with Gasteiger partial charge in [-0.1, -0.05) is 78.9 Å². The van der Waals surface area contributed by atoms with E-state index in [0.717, 1.165) is 18.4 Å². The molecule has 0 aromatic heterocycles. The average molecular weight is 442 g/mol. The van der Waals surface area contributed by atoms with Gasteiger partial charge in [-0.05, 0) is 53.3 Å². The predicted octanol–water partition coefficient (Wildman–Crippen LogP) is 5.99. The van der Waals surface area contributed by atoms with Gasteiger partial charge in [0, 0.05) is 18.5 Å². The van der Waals surface area contributed by atoms with E-state index < -0.39 is 5.92 Å². The van der Waals surface area contributed by atoms with Gasteiger partial charge in [0.2, 0.25) is 5.91 Å². The normalized spacial score (nSPS) is 19.5. The van der Waals surface area contributed by atoms with Crippen LogP contribution in [-0.4, -0.2) is 16.8 Å². The number of carbonyl (C=O) groups is 1. The lowest BCUT2D eigenvalue weighted by atomic mass is 9.81. The molecule has 0 saturated heterocycles. The quantitative estimate of drug-likeness (QED) is 0.477. The van der Waals surface area contributed by atoms with Crippen molar-refractivity contribution >= 4 is 5.91 Å². The molecule has 33 heavy (non-hydrogen) atoms. The molecule has 5 rings (SSSR count). The van der Waals surface area contributed by atoms with Gasteiger partial charge in [0.15, 0.2) is 0 Å². The summed E-state index contributed by atoms with van der Waals surface area (Å²) in [5, 5.41) is 0. The van der Waals surface area contributed by atoms with E-state index in [0.29, 0.717) is 12.1 Å². The minimum Gasteiger partial charge on any atom is -0.334 e. The van der Waals surface area contributed by atoms with Gasteiger partial charge in [0.05, 0.1) is 5.92 Å². The topological polar surface area (TPSA) is 20.3 Å². The lowest BCUT2D eigenvalue weighted by Crippen LogP contribution is -2.44. The van der Waals surface area contributed by atoms with E-state index >= 15 is 0 Å². The molecular weight excluding hydrogens is 416 g/mol. The average Bonchev–Trinajstić information content (AvgIpc) is 3.28. The first-order chi connectivity index (χ1) is 16.1. The molecule has 0 heterocycles. The molecule has 0 bridgehead atoms. The van der Waals surface area contributed by atoms with Gasteiger partial charge in [-0.15, -0.1) is 0 Å². The number of allylic oxidation sites excluding steroid dienone is 3. The van der Waals surface area contributed by atoms with Crippen LogP contribution >= 0.6 is 0 Å². The first-order valence-corrected chi connectivity index (χ1v) is 11.3. The van der Waals surface area contributed by atoms with E-state index in [1.165, 1.54) is 29.3 Å². The smallest absolute Gasteiger partial charge is 0.231 e. The Morgan fingerprint density at radius 2 is 1.45 bits per heavy atom. The highest BCUT2D eigenvalue weighted by molar-refractivity contribution is 5.83. The van der Waals surface area contributed by atoms with Crippen LogP contribution in [0.2, 0.25) is 0 Å². The van der Waals surface area contributed by atoms with Crippen molar-refractivity contribution < 1.29 is 13.6 Å². The maximum absolute atomic E-state index is 14.7. The monoisotopic (exact) mass is 441 g/mol. The molecule has 2 aliphatic carbocycles. The number of fused-ring (bicyclic) bond motifs is 1. The minimum absolute atomic E-state index is 0.000490. The van der Waals surface area contributed by atoms with Crippen molar-refractivity contribution in [3.63, 3.8) is 0 Å². The van der Waals surface area contributed by atoms with Crippen LogP contribution in [0.15, 0.2) is 97.1 Å². The molecule has 3 aromatic carbocycles. The van der Waals surface area contributed by atoms with Crippen LogP contribution in [0.1, 0.15) is 28.2 Å². The van der Waals surface area contributed by atoms with E-state index in [2.05, 4.69) is 12.1 Å². The van der Waals surface area contributed by atoms with Crippen LogP contribution in [-0.2, 0) is 24.2 Å². The summed E-state index contributed by atoms with van der Waals surface area (Å²) in [7, 11) is 0. The van der Waals surface area contributed by atoms with Crippen molar-refractivity contribution in [3.8, 4) is 0 Å². The molecule has 0 N–H and O–H groups in total. The lowest BCUT2D eigenvalue weighted by Gasteiger charge is -2.35. The lowest BCUT2D eigenvalue weighted by molar-refractivity contribution is -0.137. The second-order valence-corrected chi connectivity index (χ2v) is 8.77. The fourth-order valence-electron chi connectivity index (χ4n) is 5.01. The van der Waals surface area contributed by atoms with Crippen LogP contribution in [0.25, 0.3) is 0 Å². The number of nitrogens with zero attached hydrogens (tertiary/aromatic N) is 1. The highest BCUT2D eigenvalue weighted by atomic mass is 19.1. The third-order valence-corrected chi connectivity index (χ3v) is 6.70. The number of amides is 1. The second kappa shape index (κ2) is 9.14. The number of hydrogen-bond donors (Lipinski definition) is 0. The summed E-state index contributed by atoms with van der Waals surface area (Å²) in [6.07, 6.45) is 9.06. The Balaban J connectivity index is 1.48. The summed E-state index contributed by atoms with van der Waals surface area (Å²) in [5.74, 6) is -1.52. The van der Waals surface area contributed by atoms with Gasteiger partial charge in [0.1, 0.15) is 11.6 Å². The van der Waals surface area contributed by atoms with Crippen LogP contribution in [0.3, 0.4) is 0 Å². The summed E-state index contributed by atoms with van der Waals surface area (Å²) in [5.41, 5.74) is 3.90. The molecule has 2 aliphatic rings. The maximum Gasteiger partial charge on any atom is 0.231 e. The molecule has 0 fully saturated rings. The van der Waals surface area contributed by atoms with Gasteiger partial charge in [-0.3, -0.25) is 4.79 Å². The second-order valence-electron chi connectivity index (χ2n) is 8.77. The SMILES string of the molecule is O=C(C1C=CC=CC1c1ccccc1F)N(Cc1ccc(F)cc1)C1Cc2ccccc2C1. The van der Waals surface area contributed by atoms with Gasteiger partial charge in [-0.2, -0.15) is 0 Å². The number of rotatable bonds is 5. The highest BCUT2D eigenvalue weighted by Crippen LogP contribution is 2.35. The Hall–Kier alpha value is -3.53. The molecule has 1 amide bonds. The Kier molecular flexibility index (Phi) is 5.91. The standard InChI is InChI=1S/C29H25F2NO/c30-23-15-13-20(14-16-23)19-32(24-17-21-7-1-2-8-22(21)18-24)29(33)27-11-4-3-9-25(27)26-10-5-6-12-28(26)31/h1-16,24-25,27H,17-19H2. The molecule has 166 valence electrons.